The smallest absolute Gasteiger partial charge is 0.191 e. The van der Waals surface area contributed by atoms with E-state index in [1.807, 2.05) is 6.92 Å². The molecule has 2 N–H and O–H groups in total. The fourth-order valence-corrected chi connectivity index (χ4v) is 4.13. The lowest BCUT2D eigenvalue weighted by atomic mass is 10.1. The van der Waals surface area contributed by atoms with E-state index in [4.69, 9.17) is 0 Å². The molecule has 152 valence electrons. The van der Waals surface area contributed by atoms with Crippen LogP contribution in [0, 0.1) is 5.92 Å². The average Bonchev–Trinajstić information content (AvgIpc) is 3.10. The molecule has 0 bridgehead atoms. The number of nitrogens with zero attached hydrogens (tertiary/aromatic N) is 2. The molecule has 6 nitrogen and oxygen atoms in total. The van der Waals surface area contributed by atoms with E-state index < -0.39 is 9.84 Å². The van der Waals surface area contributed by atoms with E-state index in [0.29, 0.717) is 12.3 Å². The molecule has 2 unspecified atom stereocenters. The maximum absolute atomic E-state index is 11.3. The van der Waals surface area contributed by atoms with Gasteiger partial charge in [-0.3, -0.25) is 4.99 Å². The highest BCUT2D eigenvalue weighted by Crippen LogP contribution is 2.16. The van der Waals surface area contributed by atoms with Crippen molar-refractivity contribution in [2.24, 2.45) is 10.9 Å². The van der Waals surface area contributed by atoms with E-state index >= 15 is 0 Å². The monoisotopic (exact) mass is 394 g/mol. The van der Waals surface area contributed by atoms with Gasteiger partial charge in [-0.1, -0.05) is 30.3 Å². The summed E-state index contributed by atoms with van der Waals surface area (Å²) in [7, 11) is -1.18. The summed E-state index contributed by atoms with van der Waals surface area (Å²) < 4.78 is 22.6. The molecule has 1 heterocycles. The number of benzene rings is 1. The first-order valence-corrected chi connectivity index (χ1v) is 11.8. The molecule has 0 radical (unpaired) electrons. The van der Waals surface area contributed by atoms with Crippen LogP contribution in [-0.4, -0.2) is 70.6 Å². The molecule has 7 heteroatoms. The van der Waals surface area contributed by atoms with Crippen LogP contribution in [0.1, 0.15) is 25.3 Å². The van der Waals surface area contributed by atoms with Crippen molar-refractivity contribution >= 4 is 15.8 Å². The Kier molecular flexibility index (Phi) is 8.57. The van der Waals surface area contributed by atoms with Crippen molar-refractivity contribution in [2.45, 2.75) is 32.2 Å². The van der Waals surface area contributed by atoms with E-state index in [1.165, 1.54) is 18.2 Å². The molecular formula is C20H34N4O2S. The van der Waals surface area contributed by atoms with Crippen LogP contribution in [0.25, 0.3) is 0 Å². The van der Waals surface area contributed by atoms with E-state index in [9.17, 15) is 8.42 Å². The van der Waals surface area contributed by atoms with Crippen molar-refractivity contribution in [1.29, 1.82) is 0 Å². The van der Waals surface area contributed by atoms with Crippen LogP contribution in [0.3, 0.4) is 0 Å². The molecule has 1 fully saturated rings. The highest BCUT2D eigenvalue weighted by Gasteiger charge is 2.22. The topological polar surface area (TPSA) is 73.8 Å². The Balaban J connectivity index is 1.66. The summed E-state index contributed by atoms with van der Waals surface area (Å²) in [5, 5.41) is 6.68. The minimum Gasteiger partial charge on any atom is -0.356 e. The molecule has 27 heavy (non-hydrogen) atoms. The van der Waals surface area contributed by atoms with Gasteiger partial charge in [-0.15, -0.1) is 0 Å². The lowest BCUT2D eigenvalue weighted by Crippen LogP contribution is -2.44. The molecular weight excluding hydrogens is 360 g/mol. The van der Waals surface area contributed by atoms with Crippen molar-refractivity contribution in [2.75, 3.05) is 45.2 Å². The summed E-state index contributed by atoms with van der Waals surface area (Å²) >= 11 is 0. The fourth-order valence-electron chi connectivity index (χ4n) is 3.35. The van der Waals surface area contributed by atoms with E-state index in [-0.39, 0.29) is 11.8 Å². The molecule has 2 rings (SSSR count). The number of hydrogen-bond donors (Lipinski definition) is 2. The van der Waals surface area contributed by atoms with Gasteiger partial charge in [-0.25, -0.2) is 8.42 Å². The Morgan fingerprint density at radius 3 is 2.74 bits per heavy atom. The molecule has 0 aliphatic carbocycles. The standard InChI is InChI=1S/C20H34N4O2S/c1-17(11-14-27(3,25)26)23-20(21-2)22-15-19-10-13-24(16-19)12-9-18-7-5-4-6-8-18/h4-8,17,19H,9-16H2,1-3H3,(H2,21,22,23). The Hall–Kier alpha value is -1.60. The highest BCUT2D eigenvalue weighted by molar-refractivity contribution is 7.90. The van der Waals surface area contributed by atoms with Gasteiger partial charge in [0.25, 0.3) is 0 Å². The summed E-state index contributed by atoms with van der Waals surface area (Å²) in [4.78, 5) is 6.79. The third-order valence-corrected chi connectivity index (χ3v) is 5.99. The molecule has 0 amide bonds. The van der Waals surface area contributed by atoms with Gasteiger partial charge in [0.1, 0.15) is 9.84 Å². The molecule has 0 aromatic heterocycles. The normalized spacial score (nSPS) is 19.8. The van der Waals surface area contributed by atoms with Crippen LogP contribution in [0.5, 0.6) is 0 Å². The average molecular weight is 395 g/mol. The molecule has 0 spiro atoms. The quantitative estimate of drug-likeness (QED) is 0.491. The lowest BCUT2D eigenvalue weighted by Gasteiger charge is -2.20. The zero-order valence-corrected chi connectivity index (χ0v) is 17.6. The Morgan fingerprint density at radius 2 is 2.07 bits per heavy atom. The van der Waals surface area contributed by atoms with Crippen molar-refractivity contribution in [3.8, 4) is 0 Å². The van der Waals surface area contributed by atoms with E-state index in [0.717, 1.165) is 38.6 Å². The third kappa shape index (κ3) is 8.75. The van der Waals surface area contributed by atoms with Crippen molar-refractivity contribution in [3.05, 3.63) is 35.9 Å². The summed E-state index contributed by atoms with van der Waals surface area (Å²) in [5.74, 6) is 1.56. The Morgan fingerprint density at radius 1 is 1.33 bits per heavy atom. The number of nitrogens with one attached hydrogen (secondary N) is 2. The lowest BCUT2D eigenvalue weighted by molar-refractivity contribution is 0.328. The predicted octanol–water partition coefficient (Wildman–Crippen LogP) is 1.54. The van der Waals surface area contributed by atoms with Crippen molar-refractivity contribution in [1.82, 2.24) is 15.5 Å². The highest BCUT2D eigenvalue weighted by atomic mass is 32.2. The zero-order chi connectivity index (χ0) is 19.7. The SMILES string of the molecule is CN=C(NCC1CCN(CCc2ccccc2)C1)NC(C)CCS(C)(=O)=O. The van der Waals surface area contributed by atoms with Gasteiger partial charge < -0.3 is 15.5 Å². The van der Waals surface area contributed by atoms with Gasteiger partial charge in [-0.05, 0) is 44.2 Å². The number of rotatable bonds is 9. The van der Waals surface area contributed by atoms with Crippen LogP contribution in [-0.2, 0) is 16.3 Å². The first-order chi connectivity index (χ1) is 12.9. The van der Waals surface area contributed by atoms with Crippen LogP contribution in [0.15, 0.2) is 35.3 Å². The van der Waals surface area contributed by atoms with Crippen molar-refractivity contribution < 1.29 is 8.42 Å². The molecule has 0 saturated carbocycles. The van der Waals surface area contributed by atoms with Gasteiger partial charge in [0, 0.05) is 39.0 Å². The third-order valence-electron chi connectivity index (χ3n) is 5.02. The minimum atomic E-state index is -2.92. The molecule has 1 saturated heterocycles. The second-order valence-corrected chi connectivity index (χ2v) is 9.87. The molecule has 1 aliphatic heterocycles. The van der Waals surface area contributed by atoms with Crippen LogP contribution in [0.2, 0.25) is 0 Å². The van der Waals surface area contributed by atoms with Crippen LogP contribution >= 0.6 is 0 Å². The second kappa shape index (κ2) is 10.7. The number of hydrogen-bond acceptors (Lipinski definition) is 4. The Labute approximate surface area is 164 Å². The summed E-state index contributed by atoms with van der Waals surface area (Å²) in [6.07, 6.45) is 4.15. The second-order valence-electron chi connectivity index (χ2n) is 7.61. The summed E-state index contributed by atoms with van der Waals surface area (Å²) in [5.41, 5.74) is 1.40. The maximum Gasteiger partial charge on any atom is 0.191 e. The first-order valence-electron chi connectivity index (χ1n) is 9.77. The van der Waals surface area contributed by atoms with Crippen molar-refractivity contribution in [3.63, 3.8) is 0 Å². The predicted molar refractivity (Wildman–Crippen MR) is 113 cm³/mol. The van der Waals surface area contributed by atoms with E-state index in [2.05, 4.69) is 50.9 Å². The van der Waals surface area contributed by atoms with Crippen LogP contribution in [0.4, 0.5) is 0 Å². The number of sulfone groups is 1. The summed E-state index contributed by atoms with van der Waals surface area (Å²) in [6.45, 7) is 6.24. The van der Waals surface area contributed by atoms with Gasteiger partial charge >= 0.3 is 0 Å². The van der Waals surface area contributed by atoms with Gasteiger partial charge in [0.15, 0.2) is 5.96 Å². The maximum atomic E-state index is 11.3. The van der Waals surface area contributed by atoms with E-state index in [1.54, 1.807) is 7.05 Å². The molecule has 2 atom stereocenters. The van der Waals surface area contributed by atoms with Crippen LogP contribution < -0.4 is 10.6 Å². The number of aliphatic imine (C=N–C) groups is 1. The number of likely N-dealkylation sites (tertiary alicyclic amines) is 1. The van der Waals surface area contributed by atoms with Gasteiger partial charge in [0.05, 0.1) is 5.75 Å². The molecule has 1 aromatic rings. The Bertz CT molecular complexity index is 691. The zero-order valence-electron chi connectivity index (χ0n) is 16.8. The molecule has 1 aliphatic rings. The summed E-state index contributed by atoms with van der Waals surface area (Å²) in [6, 6.07) is 10.7. The van der Waals surface area contributed by atoms with Gasteiger partial charge in [-0.2, -0.15) is 0 Å². The number of guanidine groups is 1. The largest absolute Gasteiger partial charge is 0.356 e. The van der Waals surface area contributed by atoms with Gasteiger partial charge in [0.2, 0.25) is 0 Å². The fraction of sp³-hybridized carbons (Fsp3) is 0.650. The minimum absolute atomic E-state index is 0.0665. The molecule has 1 aromatic carbocycles. The first kappa shape index (κ1) is 21.7.